The van der Waals surface area contributed by atoms with Crippen molar-refractivity contribution in [3.05, 3.63) is 81.7 Å². The molecule has 2 aliphatic rings. The number of carbonyl (C=O) groups excluding carboxylic acids is 1. The van der Waals surface area contributed by atoms with Crippen LogP contribution in [0.4, 0.5) is 5.88 Å². The molecule has 0 amide bonds. The van der Waals surface area contributed by atoms with Gasteiger partial charge in [0, 0.05) is 23.6 Å². The highest BCUT2D eigenvalue weighted by Crippen LogP contribution is 2.49. The molecular weight excluding hydrogens is 392 g/mol. The molecule has 0 radical (unpaired) electrons. The lowest BCUT2D eigenvalue weighted by Crippen LogP contribution is -2.29. The summed E-state index contributed by atoms with van der Waals surface area (Å²) in [5.41, 5.74) is 6.60. The van der Waals surface area contributed by atoms with Crippen molar-refractivity contribution < 1.29 is 19.2 Å². The third-order valence-corrected chi connectivity index (χ3v) is 6.43. The summed E-state index contributed by atoms with van der Waals surface area (Å²) in [4.78, 5) is 13.5. The predicted octanol–water partition coefficient (Wildman–Crippen LogP) is 4.96. The van der Waals surface area contributed by atoms with E-state index in [1.807, 2.05) is 31.2 Å². The Labute approximate surface area is 180 Å². The first-order valence-electron chi connectivity index (χ1n) is 10.4. The minimum atomic E-state index is -0.193. The number of methoxy groups -OCH3 is 1. The van der Waals surface area contributed by atoms with Crippen molar-refractivity contribution >= 4 is 11.7 Å². The zero-order valence-corrected chi connectivity index (χ0v) is 17.7. The lowest BCUT2D eigenvalue weighted by atomic mass is 9.71. The molecule has 0 saturated carbocycles. The van der Waals surface area contributed by atoms with E-state index >= 15 is 0 Å². The number of fused-ring (bicyclic) bond motifs is 1. The molecule has 0 spiro atoms. The largest absolute Gasteiger partial charge is 0.504 e. The van der Waals surface area contributed by atoms with E-state index in [9.17, 15) is 9.90 Å². The second kappa shape index (κ2) is 7.30. The van der Waals surface area contributed by atoms with Gasteiger partial charge in [-0.1, -0.05) is 35.5 Å². The number of nitrogens with zero attached hydrogens (tertiary/aromatic N) is 1. The molecule has 0 saturated heterocycles. The van der Waals surface area contributed by atoms with Gasteiger partial charge in [0.1, 0.15) is 0 Å². The van der Waals surface area contributed by atoms with Crippen LogP contribution in [0.3, 0.4) is 0 Å². The van der Waals surface area contributed by atoms with Gasteiger partial charge >= 0.3 is 0 Å². The standard InChI is InChI=1S/C25H24N2O4/c1-13-6-4-5-7-17(13)23-22-14(2)27-31-25(22)26-18-10-16(11-20(29)24(18)23)15-8-9-19(28)21(12-15)30-3/h4-9,12,16,23,26,28H,10-11H2,1-3H3/t16-,23-/m1/s1. The molecule has 6 nitrogen and oxygen atoms in total. The summed E-state index contributed by atoms with van der Waals surface area (Å²) in [6, 6.07) is 13.4. The minimum Gasteiger partial charge on any atom is -0.504 e. The molecule has 2 N–H and O–H groups in total. The Morgan fingerprint density at radius 3 is 2.74 bits per heavy atom. The number of rotatable bonds is 3. The van der Waals surface area contributed by atoms with E-state index in [4.69, 9.17) is 9.26 Å². The number of Topliss-reactive ketones (excluding diaryl/α,β-unsaturated/α-hetero) is 1. The Kier molecular flexibility index (Phi) is 4.58. The molecule has 1 aromatic heterocycles. The Balaban J connectivity index is 1.61. The molecule has 2 heterocycles. The van der Waals surface area contributed by atoms with Crippen LogP contribution in [-0.2, 0) is 4.79 Å². The number of phenols is 1. The summed E-state index contributed by atoms with van der Waals surface area (Å²) in [6.45, 7) is 3.98. The number of phenolic OH excluding ortho intramolecular Hbond substituents is 1. The molecule has 6 heteroatoms. The molecule has 0 bridgehead atoms. The predicted molar refractivity (Wildman–Crippen MR) is 117 cm³/mol. The summed E-state index contributed by atoms with van der Waals surface area (Å²) in [5.74, 6) is 1.02. The van der Waals surface area contributed by atoms with Gasteiger partial charge in [0.2, 0.25) is 5.88 Å². The van der Waals surface area contributed by atoms with Crippen molar-refractivity contribution in [3.63, 3.8) is 0 Å². The summed E-state index contributed by atoms with van der Waals surface area (Å²) in [6.07, 6.45) is 1.06. The van der Waals surface area contributed by atoms with Gasteiger partial charge in [-0.05, 0) is 55.0 Å². The summed E-state index contributed by atoms with van der Waals surface area (Å²) in [5, 5.41) is 17.5. The van der Waals surface area contributed by atoms with Crippen LogP contribution in [0.15, 0.2) is 58.3 Å². The smallest absolute Gasteiger partial charge is 0.233 e. The fourth-order valence-electron chi connectivity index (χ4n) is 4.88. The SMILES string of the molecule is COc1cc([C@H]2CC(=O)C3=C(C2)Nc2onc(C)c2[C@H]3c2ccccc2C)ccc1O. The van der Waals surface area contributed by atoms with Crippen LogP contribution in [0.1, 0.15) is 52.6 Å². The molecule has 158 valence electrons. The molecule has 1 aliphatic heterocycles. The lowest BCUT2D eigenvalue weighted by Gasteiger charge is -2.35. The fraction of sp³-hybridized carbons (Fsp3) is 0.280. The summed E-state index contributed by atoms with van der Waals surface area (Å²) < 4.78 is 10.9. The minimum absolute atomic E-state index is 0.0173. The highest BCUT2D eigenvalue weighted by atomic mass is 16.5. The number of hydrogen-bond acceptors (Lipinski definition) is 6. The molecule has 0 fully saturated rings. The number of hydrogen-bond donors (Lipinski definition) is 2. The first-order chi connectivity index (χ1) is 15.0. The van der Waals surface area contributed by atoms with Crippen LogP contribution in [0.25, 0.3) is 0 Å². The number of ether oxygens (including phenoxy) is 1. The number of aromatic nitrogens is 1. The van der Waals surface area contributed by atoms with Crippen LogP contribution in [0, 0.1) is 13.8 Å². The Bertz CT molecular complexity index is 1220. The van der Waals surface area contributed by atoms with Gasteiger partial charge in [0.05, 0.1) is 18.4 Å². The molecule has 2 aromatic carbocycles. The third-order valence-electron chi connectivity index (χ3n) is 6.43. The number of aromatic hydroxyl groups is 1. The highest BCUT2D eigenvalue weighted by Gasteiger charge is 2.41. The maximum atomic E-state index is 13.5. The number of ketones is 1. The zero-order chi connectivity index (χ0) is 21.7. The average Bonchev–Trinajstić information content (AvgIpc) is 3.13. The van der Waals surface area contributed by atoms with Crippen LogP contribution in [-0.4, -0.2) is 23.2 Å². The van der Waals surface area contributed by atoms with Gasteiger partial charge in [-0.3, -0.25) is 4.79 Å². The van der Waals surface area contributed by atoms with Crippen LogP contribution in [0.5, 0.6) is 11.5 Å². The van der Waals surface area contributed by atoms with E-state index in [2.05, 4.69) is 29.5 Å². The van der Waals surface area contributed by atoms with Crippen molar-refractivity contribution in [2.24, 2.45) is 0 Å². The van der Waals surface area contributed by atoms with E-state index in [1.54, 1.807) is 6.07 Å². The topological polar surface area (TPSA) is 84.6 Å². The molecule has 5 rings (SSSR count). The molecule has 1 aliphatic carbocycles. The van der Waals surface area contributed by atoms with Crippen molar-refractivity contribution in [2.75, 3.05) is 12.4 Å². The van der Waals surface area contributed by atoms with Crippen LogP contribution in [0.2, 0.25) is 0 Å². The van der Waals surface area contributed by atoms with Crippen LogP contribution >= 0.6 is 0 Å². The van der Waals surface area contributed by atoms with Gasteiger partial charge in [0.15, 0.2) is 17.3 Å². The average molecular weight is 416 g/mol. The van der Waals surface area contributed by atoms with Crippen LogP contribution < -0.4 is 10.1 Å². The number of allylic oxidation sites excluding steroid dienone is 2. The van der Waals surface area contributed by atoms with Gasteiger partial charge in [-0.25, -0.2) is 0 Å². The molecular formula is C25H24N2O4. The second-order valence-corrected chi connectivity index (χ2v) is 8.28. The quantitative estimate of drug-likeness (QED) is 0.628. The summed E-state index contributed by atoms with van der Waals surface area (Å²) >= 11 is 0. The van der Waals surface area contributed by atoms with E-state index in [0.717, 1.165) is 39.2 Å². The Morgan fingerprint density at radius 1 is 1.16 bits per heavy atom. The Hall–Kier alpha value is -3.54. The van der Waals surface area contributed by atoms with Crippen molar-refractivity contribution in [1.29, 1.82) is 0 Å². The summed E-state index contributed by atoms with van der Waals surface area (Å²) in [7, 11) is 1.52. The van der Waals surface area contributed by atoms with Crippen molar-refractivity contribution in [3.8, 4) is 11.5 Å². The first-order valence-corrected chi connectivity index (χ1v) is 10.4. The number of anilines is 1. The molecule has 0 unspecified atom stereocenters. The van der Waals surface area contributed by atoms with Crippen molar-refractivity contribution in [1.82, 2.24) is 5.16 Å². The zero-order valence-electron chi connectivity index (χ0n) is 17.7. The van der Waals surface area contributed by atoms with Gasteiger partial charge < -0.3 is 19.7 Å². The number of carbonyl (C=O) groups is 1. The van der Waals surface area contributed by atoms with E-state index in [-0.39, 0.29) is 23.4 Å². The molecule has 3 aromatic rings. The maximum Gasteiger partial charge on any atom is 0.233 e. The number of benzene rings is 2. The van der Waals surface area contributed by atoms with E-state index in [1.165, 1.54) is 7.11 Å². The van der Waals surface area contributed by atoms with E-state index in [0.29, 0.717) is 24.5 Å². The Morgan fingerprint density at radius 2 is 1.97 bits per heavy atom. The third kappa shape index (κ3) is 3.10. The second-order valence-electron chi connectivity index (χ2n) is 8.28. The fourth-order valence-corrected chi connectivity index (χ4v) is 4.88. The first kappa shape index (κ1) is 19.4. The van der Waals surface area contributed by atoms with Gasteiger partial charge in [-0.2, -0.15) is 0 Å². The molecule has 31 heavy (non-hydrogen) atoms. The molecule has 2 atom stereocenters. The monoisotopic (exact) mass is 416 g/mol. The number of aryl methyl sites for hydroxylation is 2. The van der Waals surface area contributed by atoms with Crippen molar-refractivity contribution in [2.45, 2.75) is 38.5 Å². The lowest BCUT2D eigenvalue weighted by molar-refractivity contribution is -0.116. The van der Waals surface area contributed by atoms with Gasteiger partial charge in [-0.15, -0.1) is 0 Å². The normalized spacial score (nSPS) is 20.2. The van der Waals surface area contributed by atoms with Gasteiger partial charge in [0.25, 0.3) is 0 Å². The number of nitrogens with one attached hydrogen (secondary N) is 1. The highest BCUT2D eigenvalue weighted by molar-refractivity contribution is 6.01. The maximum absolute atomic E-state index is 13.5. The van der Waals surface area contributed by atoms with E-state index < -0.39 is 0 Å².